The fourth-order valence-electron chi connectivity index (χ4n) is 2.63. The molecule has 1 fully saturated rings. The Kier molecular flexibility index (Phi) is 3.66. The predicted octanol–water partition coefficient (Wildman–Crippen LogP) is 3.43. The van der Waals surface area contributed by atoms with Gasteiger partial charge in [-0.1, -0.05) is 12.2 Å². The second-order valence-corrected chi connectivity index (χ2v) is 6.82. The van der Waals surface area contributed by atoms with Crippen LogP contribution in [0.3, 0.4) is 0 Å². The van der Waals surface area contributed by atoms with Crippen molar-refractivity contribution in [2.75, 3.05) is 0 Å². The minimum Gasteiger partial charge on any atom is -0.311 e. The van der Waals surface area contributed by atoms with Gasteiger partial charge in [0.15, 0.2) is 0 Å². The Balaban J connectivity index is 3.30. The predicted molar refractivity (Wildman–Crippen MR) is 76.6 cm³/mol. The maximum absolute atomic E-state index is 12.7. The van der Waals surface area contributed by atoms with Crippen LogP contribution in [-0.2, 0) is 0 Å². The molecule has 1 aliphatic rings. The lowest BCUT2D eigenvalue weighted by Gasteiger charge is -2.36. The number of rotatable bonds is 2. The second-order valence-electron chi connectivity index (χ2n) is 6.82. The quantitative estimate of drug-likeness (QED) is 0.689. The molecule has 3 nitrogen and oxygen atoms in total. The minimum absolute atomic E-state index is 0.0192. The van der Waals surface area contributed by atoms with E-state index in [4.69, 9.17) is 0 Å². The van der Waals surface area contributed by atoms with E-state index in [-0.39, 0.29) is 29.2 Å². The monoisotopic (exact) mass is 250 g/mol. The van der Waals surface area contributed by atoms with Crippen molar-refractivity contribution in [3.8, 4) is 0 Å². The van der Waals surface area contributed by atoms with Crippen LogP contribution in [-0.4, -0.2) is 39.0 Å². The third-order valence-corrected chi connectivity index (χ3v) is 3.29. The van der Waals surface area contributed by atoms with Gasteiger partial charge in [0.2, 0.25) is 0 Å². The van der Waals surface area contributed by atoms with Crippen LogP contribution < -0.4 is 0 Å². The van der Waals surface area contributed by atoms with Crippen molar-refractivity contribution in [3.63, 3.8) is 0 Å². The van der Waals surface area contributed by atoms with Gasteiger partial charge >= 0.3 is 6.03 Å². The molecule has 102 valence electrons. The van der Waals surface area contributed by atoms with Crippen molar-refractivity contribution >= 4 is 6.03 Å². The average Bonchev–Trinajstić information content (AvgIpc) is 2.48. The van der Waals surface area contributed by atoms with Gasteiger partial charge < -0.3 is 9.80 Å². The van der Waals surface area contributed by atoms with Gasteiger partial charge in [-0.3, -0.25) is 0 Å². The van der Waals surface area contributed by atoms with E-state index in [1.54, 1.807) is 0 Å². The van der Waals surface area contributed by atoms with Crippen LogP contribution in [0.5, 0.6) is 0 Å². The van der Waals surface area contributed by atoms with E-state index in [1.807, 2.05) is 63.5 Å². The van der Waals surface area contributed by atoms with Crippen LogP contribution in [0, 0.1) is 0 Å². The first-order chi connectivity index (χ1) is 8.05. The molecule has 0 radical (unpaired) electrons. The molecule has 0 N–H and O–H groups in total. The molecule has 3 heteroatoms. The molecule has 18 heavy (non-hydrogen) atoms. The summed E-state index contributed by atoms with van der Waals surface area (Å²) in [6, 6.07) is 0.0215. The Morgan fingerprint density at radius 3 is 1.33 bits per heavy atom. The summed E-state index contributed by atoms with van der Waals surface area (Å²) in [5.74, 6) is 0. The van der Waals surface area contributed by atoms with Crippen LogP contribution in [0.4, 0.5) is 4.79 Å². The van der Waals surface area contributed by atoms with Gasteiger partial charge in [0.05, 0.1) is 12.1 Å². The van der Waals surface area contributed by atoms with Crippen molar-refractivity contribution < 1.29 is 4.79 Å². The molecule has 1 heterocycles. The molecule has 0 bridgehead atoms. The highest BCUT2D eigenvalue weighted by atomic mass is 16.2. The summed E-state index contributed by atoms with van der Waals surface area (Å²) >= 11 is 0. The highest BCUT2D eigenvalue weighted by Gasteiger charge is 2.50. The largest absolute Gasteiger partial charge is 0.322 e. The summed E-state index contributed by atoms with van der Waals surface area (Å²) in [5, 5.41) is 0. The summed E-state index contributed by atoms with van der Waals surface area (Å²) in [6.45, 7) is 20.1. The fraction of sp³-hybridized carbons (Fsp3) is 0.667. The standard InChI is InChI=1S/C15H26N2O/c1-9-11-12(10-2)17(15(6,7)8)13(18)16(11)14(3,4)5/h9-12H,1-2H2,3-8H3/t11-,12-/m0/s1. The zero-order chi connectivity index (χ0) is 14.3. The third kappa shape index (κ3) is 2.31. The van der Waals surface area contributed by atoms with Crippen molar-refractivity contribution in [2.24, 2.45) is 0 Å². The van der Waals surface area contributed by atoms with Gasteiger partial charge in [-0.2, -0.15) is 0 Å². The van der Waals surface area contributed by atoms with Crippen molar-refractivity contribution in [1.82, 2.24) is 9.80 Å². The fourth-order valence-corrected chi connectivity index (χ4v) is 2.63. The molecule has 0 aliphatic carbocycles. The Hall–Kier alpha value is -1.25. The van der Waals surface area contributed by atoms with Gasteiger partial charge in [-0.05, 0) is 41.5 Å². The lowest BCUT2D eigenvalue weighted by Crippen LogP contribution is -2.50. The normalized spacial score (nSPS) is 25.6. The van der Waals surface area contributed by atoms with E-state index >= 15 is 0 Å². The van der Waals surface area contributed by atoms with Gasteiger partial charge in [0.25, 0.3) is 0 Å². The number of carbonyl (C=O) groups is 1. The van der Waals surface area contributed by atoms with Crippen LogP contribution in [0.15, 0.2) is 25.3 Å². The summed E-state index contributed by atoms with van der Waals surface area (Å²) in [7, 11) is 0. The van der Waals surface area contributed by atoms with Crippen LogP contribution in [0.25, 0.3) is 0 Å². The molecule has 0 unspecified atom stereocenters. The van der Waals surface area contributed by atoms with E-state index in [9.17, 15) is 4.79 Å². The summed E-state index contributed by atoms with van der Waals surface area (Å²) < 4.78 is 0. The van der Waals surface area contributed by atoms with E-state index in [0.717, 1.165) is 0 Å². The van der Waals surface area contributed by atoms with E-state index < -0.39 is 0 Å². The third-order valence-electron chi connectivity index (χ3n) is 3.29. The molecule has 2 amide bonds. The number of hydrogen-bond acceptors (Lipinski definition) is 1. The van der Waals surface area contributed by atoms with Crippen molar-refractivity contribution in [1.29, 1.82) is 0 Å². The lowest BCUT2D eigenvalue weighted by molar-refractivity contribution is 0.126. The minimum atomic E-state index is -0.225. The van der Waals surface area contributed by atoms with Gasteiger partial charge in [0, 0.05) is 11.1 Å². The SMILES string of the molecule is C=C[C@H]1[C@H](C=C)N(C(C)(C)C)C(=O)N1C(C)(C)C. The van der Waals surface area contributed by atoms with E-state index in [2.05, 4.69) is 13.2 Å². The molecule has 2 atom stereocenters. The van der Waals surface area contributed by atoms with E-state index in [1.165, 1.54) is 0 Å². The summed E-state index contributed by atoms with van der Waals surface area (Å²) in [5.41, 5.74) is -0.450. The first kappa shape index (κ1) is 14.8. The number of urea groups is 1. The Bertz CT molecular complexity index is 326. The smallest absolute Gasteiger partial charge is 0.311 e. The molecule has 0 aromatic rings. The highest BCUT2D eigenvalue weighted by molar-refractivity contribution is 5.80. The average molecular weight is 250 g/mol. The molecule has 1 aliphatic heterocycles. The molecule has 0 spiro atoms. The van der Waals surface area contributed by atoms with Gasteiger partial charge in [-0.15, -0.1) is 13.2 Å². The van der Waals surface area contributed by atoms with Gasteiger partial charge in [0.1, 0.15) is 0 Å². The van der Waals surface area contributed by atoms with Crippen LogP contribution >= 0.6 is 0 Å². The molecule has 1 saturated heterocycles. The topological polar surface area (TPSA) is 23.6 Å². The zero-order valence-electron chi connectivity index (χ0n) is 12.5. The van der Waals surface area contributed by atoms with Crippen LogP contribution in [0.1, 0.15) is 41.5 Å². The number of nitrogens with zero attached hydrogens (tertiary/aromatic N) is 2. The number of amides is 2. The Morgan fingerprint density at radius 1 is 0.889 bits per heavy atom. The Labute approximate surface area is 111 Å². The summed E-state index contributed by atoms with van der Waals surface area (Å²) in [6.07, 6.45) is 3.70. The molecule has 0 aromatic heterocycles. The number of carbonyl (C=O) groups excluding carboxylic acids is 1. The van der Waals surface area contributed by atoms with Gasteiger partial charge in [-0.25, -0.2) is 4.79 Å². The first-order valence-electron chi connectivity index (χ1n) is 6.43. The summed E-state index contributed by atoms with van der Waals surface area (Å²) in [4.78, 5) is 16.5. The maximum Gasteiger partial charge on any atom is 0.322 e. The van der Waals surface area contributed by atoms with Crippen molar-refractivity contribution in [3.05, 3.63) is 25.3 Å². The van der Waals surface area contributed by atoms with Crippen molar-refractivity contribution in [2.45, 2.75) is 64.7 Å². The molecular weight excluding hydrogens is 224 g/mol. The molecule has 0 aromatic carbocycles. The number of hydrogen-bond donors (Lipinski definition) is 0. The second kappa shape index (κ2) is 4.45. The maximum atomic E-state index is 12.7. The zero-order valence-corrected chi connectivity index (χ0v) is 12.5. The molecular formula is C15H26N2O. The van der Waals surface area contributed by atoms with E-state index in [0.29, 0.717) is 0 Å². The molecule has 1 rings (SSSR count). The first-order valence-corrected chi connectivity index (χ1v) is 6.43. The molecule has 0 saturated carbocycles. The highest BCUT2D eigenvalue weighted by Crippen LogP contribution is 2.35. The van der Waals surface area contributed by atoms with Crippen LogP contribution in [0.2, 0.25) is 0 Å². The lowest BCUT2D eigenvalue weighted by atomic mass is 9.99. The Morgan fingerprint density at radius 2 is 1.17 bits per heavy atom.